The number of nitrogens with one attached hydrogen (secondary N) is 1. The largest absolute Gasteiger partial charge is 0.490 e. The van der Waals surface area contributed by atoms with E-state index in [-0.39, 0.29) is 5.78 Å². The van der Waals surface area contributed by atoms with Crippen molar-refractivity contribution in [3.63, 3.8) is 0 Å². The molecule has 3 aromatic rings. The number of fused-ring (bicyclic) bond motifs is 2. The number of carbonyl (C=O) groups is 2. The molecule has 2 aliphatic rings. The average Bonchev–Trinajstić information content (AvgIpc) is 3.19. The lowest BCUT2D eigenvalue weighted by Crippen LogP contribution is -2.29. The van der Waals surface area contributed by atoms with Gasteiger partial charge in [0.25, 0.3) is 0 Å². The van der Waals surface area contributed by atoms with E-state index in [1.807, 2.05) is 56.3 Å². The number of ether oxygens (including phenoxy) is 3. The lowest BCUT2D eigenvalue weighted by Gasteiger charge is -2.29. The topological polar surface area (TPSA) is 73.9 Å². The van der Waals surface area contributed by atoms with Crippen LogP contribution in [0.3, 0.4) is 0 Å². The summed E-state index contributed by atoms with van der Waals surface area (Å²) in [7, 11) is 1.33. The molecule has 1 atom stereocenters. The Morgan fingerprint density at radius 2 is 1.71 bits per heavy atom. The van der Waals surface area contributed by atoms with Crippen molar-refractivity contribution in [2.45, 2.75) is 33.3 Å². The number of ketones is 1. The van der Waals surface area contributed by atoms with E-state index in [0.29, 0.717) is 63.4 Å². The van der Waals surface area contributed by atoms with Crippen molar-refractivity contribution < 1.29 is 23.8 Å². The number of methoxy groups -OCH3 is 1. The minimum Gasteiger partial charge on any atom is -0.490 e. The molecule has 0 amide bonds. The maximum absolute atomic E-state index is 13.7. The predicted octanol–water partition coefficient (Wildman–Crippen LogP) is 6.37. The maximum atomic E-state index is 13.7. The van der Waals surface area contributed by atoms with Crippen molar-refractivity contribution in [3.05, 3.63) is 110 Å². The number of carbonyl (C=O) groups excluding carboxylic acids is 2. The van der Waals surface area contributed by atoms with E-state index in [1.54, 1.807) is 25.1 Å². The van der Waals surface area contributed by atoms with Crippen LogP contribution in [0.4, 0.5) is 0 Å². The third-order valence-electron chi connectivity index (χ3n) is 6.82. The SMILES string of the molecule is CCOc1cc([C@H]2C(C(=O)OC)=C(C)NC3=C2C(=O)c2ccccc23)cc(Cl)c1OCc1ccc(C)cc1. The molecule has 0 fully saturated rings. The first-order chi connectivity index (χ1) is 18.3. The third-order valence-corrected chi connectivity index (χ3v) is 7.10. The molecule has 5 rings (SSSR count). The molecule has 1 heterocycles. The van der Waals surface area contributed by atoms with Gasteiger partial charge in [-0.25, -0.2) is 4.79 Å². The van der Waals surface area contributed by atoms with Crippen molar-refractivity contribution >= 4 is 29.1 Å². The number of allylic oxidation sites excluding steroid dienone is 2. The molecular formula is C31H28ClNO5. The molecule has 1 aliphatic carbocycles. The normalized spacial score (nSPS) is 16.1. The van der Waals surface area contributed by atoms with Crippen LogP contribution >= 0.6 is 11.6 Å². The molecule has 194 valence electrons. The van der Waals surface area contributed by atoms with E-state index in [1.165, 1.54) is 7.11 Å². The van der Waals surface area contributed by atoms with Gasteiger partial charge in [0.2, 0.25) is 0 Å². The van der Waals surface area contributed by atoms with Crippen LogP contribution in [0.5, 0.6) is 11.5 Å². The Balaban J connectivity index is 1.61. The molecule has 6 nitrogen and oxygen atoms in total. The second-order valence-corrected chi connectivity index (χ2v) is 9.70. The second-order valence-electron chi connectivity index (χ2n) is 9.29. The fraction of sp³-hybridized carbons (Fsp3) is 0.226. The van der Waals surface area contributed by atoms with Crippen molar-refractivity contribution in [3.8, 4) is 11.5 Å². The first-order valence-corrected chi connectivity index (χ1v) is 12.8. The number of benzene rings is 3. The van der Waals surface area contributed by atoms with Crippen LogP contribution in [0.2, 0.25) is 5.02 Å². The van der Waals surface area contributed by atoms with Crippen LogP contribution in [0, 0.1) is 6.92 Å². The van der Waals surface area contributed by atoms with E-state index in [4.69, 9.17) is 25.8 Å². The molecule has 0 radical (unpaired) electrons. The Labute approximate surface area is 226 Å². The van der Waals surface area contributed by atoms with Crippen molar-refractivity contribution in [1.29, 1.82) is 0 Å². The molecule has 7 heteroatoms. The molecule has 0 saturated heterocycles. The molecule has 1 aliphatic heterocycles. The Morgan fingerprint density at radius 1 is 1.00 bits per heavy atom. The summed E-state index contributed by atoms with van der Waals surface area (Å²) in [5.41, 5.74) is 6.30. The standard InChI is InChI=1S/C31H28ClNO5/c1-5-37-24-15-20(14-23(32)30(24)38-16-19-12-10-17(2)11-13-19)26-25(31(35)36-4)18(3)33-28-21-8-6-7-9-22(21)29(34)27(26)28/h6-15,26,33H,5,16H2,1-4H3/t26-/m0/s1. The first kappa shape index (κ1) is 25.6. The number of rotatable bonds is 7. The number of dihydropyridines is 1. The summed E-state index contributed by atoms with van der Waals surface area (Å²) in [5.74, 6) is -0.531. The van der Waals surface area contributed by atoms with Crippen molar-refractivity contribution in [2.24, 2.45) is 0 Å². The van der Waals surface area contributed by atoms with E-state index >= 15 is 0 Å². The first-order valence-electron chi connectivity index (χ1n) is 12.4. The van der Waals surface area contributed by atoms with Crippen molar-refractivity contribution in [2.75, 3.05) is 13.7 Å². The van der Waals surface area contributed by atoms with Gasteiger partial charge in [-0.2, -0.15) is 0 Å². The van der Waals surface area contributed by atoms with Crippen LogP contribution < -0.4 is 14.8 Å². The van der Waals surface area contributed by atoms with Gasteiger partial charge < -0.3 is 19.5 Å². The van der Waals surface area contributed by atoms with Gasteiger partial charge in [0, 0.05) is 28.3 Å². The maximum Gasteiger partial charge on any atom is 0.336 e. The van der Waals surface area contributed by atoms with E-state index in [2.05, 4.69) is 5.32 Å². The highest BCUT2D eigenvalue weighted by molar-refractivity contribution is 6.32. The predicted molar refractivity (Wildman–Crippen MR) is 146 cm³/mol. The average molecular weight is 530 g/mol. The van der Waals surface area contributed by atoms with Gasteiger partial charge in [0.05, 0.1) is 30.0 Å². The lowest BCUT2D eigenvalue weighted by molar-refractivity contribution is -0.136. The zero-order valence-corrected chi connectivity index (χ0v) is 22.4. The molecule has 0 aromatic heterocycles. The third kappa shape index (κ3) is 4.45. The van der Waals surface area contributed by atoms with E-state index < -0.39 is 11.9 Å². The monoisotopic (exact) mass is 529 g/mol. The fourth-order valence-electron chi connectivity index (χ4n) is 5.04. The zero-order valence-electron chi connectivity index (χ0n) is 21.7. The van der Waals surface area contributed by atoms with Gasteiger partial charge in [-0.1, -0.05) is 65.7 Å². The summed E-state index contributed by atoms with van der Waals surface area (Å²) in [6.45, 7) is 6.39. The smallest absolute Gasteiger partial charge is 0.336 e. The van der Waals surface area contributed by atoms with E-state index in [9.17, 15) is 9.59 Å². The van der Waals surface area contributed by atoms with Gasteiger partial charge in [0.1, 0.15) is 6.61 Å². The van der Waals surface area contributed by atoms with Crippen LogP contribution in [0.15, 0.2) is 77.5 Å². The van der Waals surface area contributed by atoms with Gasteiger partial charge in [-0.15, -0.1) is 0 Å². The van der Waals surface area contributed by atoms with Gasteiger partial charge in [0.15, 0.2) is 17.3 Å². The van der Waals surface area contributed by atoms with E-state index in [0.717, 1.165) is 16.7 Å². The molecule has 0 bridgehead atoms. The summed E-state index contributed by atoms with van der Waals surface area (Å²) >= 11 is 6.79. The number of Topliss-reactive ketones (excluding diaryl/α,β-unsaturated/α-hetero) is 1. The molecule has 3 aromatic carbocycles. The summed E-state index contributed by atoms with van der Waals surface area (Å²) in [4.78, 5) is 26.7. The minimum atomic E-state index is -0.707. The highest BCUT2D eigenvalue weighted by Gasteiger charge is 2.43. The van der Waals surface area contributed by atoms with Crippen LogP contribution in [-0.4, -0.2) is 25.5 Å². The van der Waals surface area contributed by atoms with Gasteiger partial charge in [-0.05, 0) is 44.0 Å². The second kappa shape index (κ2) is 10.4. The Hall–Kier alpha value is -4.03. The summed E-state index contributed by atoms with van der Waals surface area (Å²) in [6.07, 6.45) is 0. The van der Waals surface area contributed by atoms with Crippen molar-refractivity contribution in [1.82, 2.24) is 5.32 Å². The summed E-state index contributed by atoms with van der Waals surface area (Å²) in [5, 5.41) is 3.61. The highest BCUT2D eigenvalue weighted by atomic mass is 35.5. The molecular weight excluding hydrogens is 502 g/mol. The molecule has 1 N–H and O–H groups in total. The van der Waals surface area contributed by atoms with Crippen LogP contribution in [0.1, 0.15) is 52.4 Å². The minimum absolute atomic E-state index is 0.143. The van der Waals surface area contributed by atoms with Gasteiger partial charge >= 0.3 is 5.97 Å². The summed E-state index contributed by atoms with van der Waals surface area (Å²) < 4.78 is 17.2. The molecule has 0 saturated carbocycles. The highest BCUT2D eigenvalue weighted by Crippen LogP contribution is 2.49. The Morgan fingerprint density at radius 3 is 2.39 bits per heavy atom. The zero-order chi connectivity index (χ0) is 27.0. The molecule has 0 unspecified atom stereocenters. The van der Waals surface area contributed by atoms with Gasteiger partial charge in [-0.3, -0.25) is 4.79 Å². The Bertz CT molecular complexity index is 1500. The Kier molecular flexibility index (Phi) is 7.00. The number of aryl methyl sites for hydroxylation is 1. The quantitative estimate of drug-likeness (QED) is 0.359. The number of hydrogen-bond acceptors (Lipinski definition) is 6. The number of esters is 1. The molecule has 38 heavy (non-hydrogen) atoms. The lowest BCUT2D eigenvalue weighted by atomic mass is 9.79. The summed E-state index contributed by atoms with van der Waals surface area (Å²) in [6, 6.07) is 19.0. The number of halogens is 1. The number of hydrogen-bond donors (Lipinski definition) is 1. The van der Waals surface area contributed by atoms with Crippen LogP contribution in [0.25, 0.3) is 5.70 Å². The fourth-order valence-corrected chi connectivity index (χ4v) is 5.31. The molecule has 0 spiro atoms. The van der Waals surface area contributed by atoms with Crippen LogP contribution in [-0.2, 0) is 16.1 Å².